The Hall–Kier alpha value is -1.65. The van der Waals surface area contributed by atoms with Crippen LogP contribution in [-0.4, -0.2) is 37.0 Å². The maximum atomic E-state index is 12.1. The summed E-state index contributed by atoms with van der Waals surface area (Å²) in [5.41, 5.74) is 0. The second-order valence-electron chi connectivity index (χ2n) is 11.6. The third-order valence-electron chi connectivity index (χ3n) is 7.39. The summed E-state index contributed by atoms with van der Waals surface area (Å²) in [4.78, 5) is 12.1. The van der Waals surface area contributed by atoms with Gasteiger partial charge in [-0.3, -0.25) is 4.79 Å². The van der Waals surface area contributed by atoms with Crippen molar-refractivity contribution in [2.75, 3.05) is 19.8 Å². The number of hydrogen-bond donors (Lipinski definition) is 1. The second kappa shape index (κ2) is 35.5. The van der Waals surface area contributed by atoms with Gasteiger partial charge in [-0.15, -0.1) is 0 Å². The van der Waals surface area contributed by atoms with E-state index in [1.54, 1.807) is 0 Å². The number of aliphatic hydroxyl groups is 1. The SMILES string of the molecule is CC/C=C\C/C=C\C/C=C\CCCCCCCCCCOCC(CO)OC(=O)CCCCCCC/C=C\CCCCC. The molecule has 0 aromatic heterocycles. The summed E-state index contributed by atoms with van der Waals surface area (Å²) < 4.78 is 11.1. The van der Waals surface area contributed by atoms with Gasteiger partial charge in [0.1, 0.15) is 6.10 Å². The zero-order valence-electron chi connectivity index (χ0n) is 27.8. The first-order chi connectivity index (χ1) is 20.7. The molecule has 0 aromatic rings. The lowest BCUT2D eigenvalue weighted by Crippen LogP contribution is -2.27. The van der Waals surface area contributed by atoms with E-state index in [4.69, 9.17) is 9.47 Å². The fourth-order valence-electron chi connectivity index (χ4n) is 4.75. The Morgan fingerprint density at radius 2 is 1.07 bits per heavy atom. The Morgan fingerprint density at radius 3 is 1.64 bits per heavy atom. The second-order valence-corrected chi connectivity index (χ2v) is 11.6. The number of aliphatic hydroxyl groups excluding tert-OH is 1. The third-order valence-corrected chi connectivity index (χ3v) is 7.39. The lowest BCUT2D eigenvalue weighted by atomic mass is 10.1. The standard InChI is InChI=1S/C38H68O4/c1-3-5-7-9-11-13-15-17-18-19-20-21-22-24-26-28-30-32-34-41-36-37(35-39)42-38(40)33-31-29-27-25-23-16-14-12-10-8-6-4-2/h5,7,11-14,17-18,37,39H,3-4,6,8-10,15-16,19-36H2,1-2H3/b7-5-,13-11-,14-12-,18-17-. The first-order valence-electron chi connectivity index (χ1n) is 17.7. The zero-order valence-corrected chi connectivity index (χ0v) is 27.8. The Balaban J connectivity index is 3.47. The van der Waals surface area contributed by atoms with Gasteiger partial charge < -0.3 is 14.6 Å². The Bertz CT molecular complexity index is 664. The number of esters is 1. The fourth-order valence-corrected chi connectivity index (χ4v) is 4.75. The third kappa shape index (κ3) is 32.9. The van der Waals surface area contributed by atoms with Crippen molar-refractivity contribution in [2.24, 2.45) is 0 Å². The summed E-state index contributed by atoms with van der Waals surface area (Å²) in [6.45, 7) is 5.18. The number of allylic oxidation sites excluding steroid dienone is 8. The van der Waals surface area contributed by atoms with Gasteiger partial charge in [-0.2, -0.15) is 0 Å². The normalized spacial score (nSPS) is 12.9. The molecule has 0 bridgehead atoms. The largest absolute Gasteiger partial charge is 0.457 e. The average molecular weight is 589 g/mol. The van der Waals surface area contributed by atoms with Crippen LogP contribution in [0.25, 0.3) is 0 Å². The minimum Gasteiger partial charge on any atom is -0.457 e. The van der Waals surface area contributed by atoms with Crippen molar-refractivity contribution in [3.8, 4) is 0 Å². The van der Waals surface area contributed by atoms with Crippen LogP contribution in [0.15, 0.2) is 48.6 Å². The van der Waals surface area contributed by atoms with E-state index in [-0.39, 0.29) is 19.2 Å². The highest BCUT2D eigenvalue weighted by molar-refractivity contribution is 5.69. The molecule has 4 heteroatoms. The van der Waals surface area contributed by atoms with E-state index < -0.39 is 6.10 Å². The van der Waals surface area contributed by atoms with Crippen LogP contribution in [0.5, 0.6) is 0 Å². The topological polar surface area (TPSA) is 55.8 Å². The molecule has 0 aliphatic heterocycles. The molecule has 0 aliphatic rings. The van der Waals surface area contributed by atoms with Gasteiger partial charge >= 0.3 is 5.97 Å². The highest BCUT2D eigenvalue weighted by atomic mass is 16.6. The molecular weight excluding hydrogens is 520 g/mol. The van der Waals surface area contributed by atoms with Crippen molar-refractivity contribution < 1.29 is 19.4 Å². The quantitative estimate of drug-likeness (QED) is 0.0482. The molecule has 244 valence electrons. The maximum absolute atomic E-state index is 12.1. The minimum atomic E-state index is -0.541. The van der Waals surface area contributed by atoms with E-state index in [1.165, 1.54) is 96.3 Å². The highest BCUT2D eigenvalue weighted by Gasteiger charge is 2.13. The molecule has 1 atom stereocenters. The van der Waals surface area contributed by atoms with Crippen LogP contribution >= 0.6 is 0 Å². The number of carbonyl (C=O) groups is 1. The predicted molar refractivity (Wildman–Crippen MR) is 182 cm³/mol. The van der Waals surface area contributed by atoms with Gasteiger partial charge in [-0.25, -0.2) is 0 Å². The molecule has 1 N–H and O–H groups in total. The zero-order chi connectivity index (χ0) is 30.6. The molecule has 1 unspecified atom stereocenters. The first-order valence-corrected chi connectivity index (χ1v) is 17.7. The molecule has 42 heavy (non-hydrogen) atoms. The van der Waals surface area contributed by atoms with Crippen LogP contribution in [0.4, 0.5) is 0 Å². The average Bonchev–Trinajstić information content (AvgIpc) is 3.00. The Labute approximate surface area is 261 Å². The maximum Gasteiger partial charge on any atom is 0.306 e. The van der Waals surface area contributed by atoms with Crippen LogP contribution in [0, 0.1) is 0 Å². The van der Waals surface area contributed by atoms with Gasteiger partial charge in [0.2, 0.25) is 0 Å². The summed E-state index contributed by atoms with van der Waals surface area (Å²) in [7, 11) is 0. The highest BCUT2D eigenvalue weighted by Crippen LogP contribution is 2.12. The molecular formula is C38H68O4. The summed E-state index contributed by atoms with van der Waals surface area (Å²) in [6.07, 6.45) is 44.3. The summed E-state index contributed by atoms with van der Waals surface area (Å²) in [6, 6.07) is 0. The smallest absolute Gasteiger partial charge is 0.306 e. The lowest BCUT2D eigenvalue weighted by molar-refractivity contribution is -0.154. The molecule has 0 amide bonds. The molecule has 0 spiro atoms. The number of ether oxygens (including phenoxy) is 2. The van der Waals surface area contributed by atoms with Crippen molar-refractivity contribution in [3.63, 3.8) is 0 Å². The number of unbranched alkanes of at least 4 members (excludes halogenated alkanes) is 16. The molecule has 0 saturated carbocycles. The van der Waals surface area contributed by atoms with E-state index in [0.717, 1.165) is 44.9 Å². The van der Waals surface area contributed by atoms with Crippen molar-refractivity contribution >= 4 is 5.97 Å². The summed E-state index contributed by atoms with van der Waals surface area (Å²) in [5.74, 6) is -0.216. The van der Waals surface area contributed by atoms with Gasteiger partial charge in [-0.05, 0) is 70.6 Å². The van der Waals surface area contributed by atoms with Crippen LogP contribution in [-0.2, 0) is 14.3 Å². The first kappa shape index (κ1) is 40.4. The van der Waals surface area contributed by atoms with Crippen molar-refractivity contribution in [1.82, 2.24) is 0 Å². The van der Waals surface area contributed by atoms with Crippen LogP contribution in [0.3, 0.4) is 0 Å². The van der Waals surface area contributed by atoms with Crippen LogP contribution in [0.1, 0.15) is 162 Å². The van der Waals surface area contributed by atoms with Gasteiger partial charge in [0.25, 0.3) is 0 Å². The van der Waals surface area contributed by atoms with E-state index in [2.05, 4.69) is 62.5 Å². The van der Waals surface area contributed by atoms with Crippen molar-refractivity contribution in [3.05, 3.63) is 48.6 Å². The van der Waals surface area contributed by atoms with Crippen molar-refractivity contribution in [1.29, 1.82) is 0 Å². The van der Waals surface area contributed by atoms with E-state index in [9.17, 15) is 9.90 Å². The Morgan fingerprint density at radius 1 is 0.595 bits per heavy atom. The fraction of sp³-hybridized carbons (Fsp3) is 0.763. The van der Waals surface area contributed by atoms with Gasteiger partial charge in [0, 0.05) is 13.0 Å². The molecule has 0 heterocycles. The molecule has 0 aromatic carbocycles. The molecule has 0 saturated heterocycles. The van der Waals surface area contributed by atoms with Crippen LogP contribution in [0.2, 0.25) is 0 Å². The van der Waals surface area contributed by atoms with Crippen molar-refractivity contribution in [2.45, 2.75) is 168 Å². The van der Waals surface area contributed by atoms with Gasteiger partial charge in [0.15, 0.2) is 0 Å². The van der Waals surface area contributed by atoms with E-state index in [1.807, 2.05) is 0 Å². The summed E-state index contributed by atoms with van der Waals surface area (Å²) in [5, 5.41) is 9.54. The van der Waals surface area contributed by atoms with E-state index >= 15 is 0 Å². The Kier molecular flexibility index (Phi) is 34.1. The molecule has 0 aliphatic carbocycles. The molecule has 0 radical (unpaired) electrons. The predicted octanol–water partition coefficient (Wildman–Crippen LogP) is 11.1. The molecule has 0 fully saturated rings. The lowest BCUT2D eigenvalue weighted by Gasteiger charge is -2.15. The molecule has 0 rings (SSSR count). The van der Waals surface area contributed by atoms with Crippen LogP contribution < -0.4 is 0 Å². The van der Waals surface area contributed by atoms with Gasteiger partial charge in [0.05, 0.1) is 13.2 Å². The van der Waals surface area contributed by atoms with E-state index in [0.29, 0.717) is 13.0 Å². The van der Waals surface area contributed by atoms with Gasteiger partial charge in [-0.1, -0.05) is 133 Å². The molecule has 4 nitrogen and oxygen atoms in total. The summed E-state index contributed by atoms with van der Waals surface area (Å²) >= 11 is 0. The number of hydrogen-bond acceptors (Lipinski definition) is 4. The minimum absolute atomic E-state index is 0.179. The monoisotopic (exact) mass is 589 g/mol. The number of carbonyl (C=O) groups excluding carboxylic acids is 1. The number of rotatable bonds is 32.